The van der Waals surface area contributed by atoms with Gasteiger partial charge in [0.25, 0.3) is 0 Å². The zero-order chi connectivity index (χ0) is 24.9. The van der Waals surface area contributed by atoms with Gasteiger partial charge in [-0.25, -0.2) is 18.2 Å². The van der Waals surface area contributed by atoms with Crippen molar-refractivity contribution in [1.82, 2.24) is 4.98 Å². The molecule has 2 aromatic rings. The number of hydrogen-bond acceptors (Lipinski definition) is 8. The number of anilines is 1. The Kier molecular flexibility index (Phi) is 10.5. The number of carbonyl (C=O) groups is 2. The monoisotopic (exact) mass is 526 g/mol. The van der Waals surface area contributed by atoms with Crippen LogP contribution >= 0.6 is 11.6 Å². The Balaban J connectivity index is 0.00000432. The van der Waals surface area contributed by atoms with Crippen LogP contribution in [0.3, 0.4) is 0 Å². The number of benzene rings is 1. The van der Waals surface area contributed by atoms with Gasteiger partial charge >= 0.3 is 35.5 Å². The number of ether oxygens (including phenoxy) is 1. The Morgan fingerprint density at radius 1 is 1.26 bits per heavy atom. The number of hydrogen-bond donors (Lipinski definition) is 0. The number of sulfonamides is 1. The van der Waals surface area contributed by atoms with E-state index in [-0.39, 0.29) is 53.0 Å². The van der Waals surface area contributed by atoms with Crippen LogP contribution in [-0.4, -0.2) is 45.0 Å². The van der Waals surface area contributed by atoms with Crippen LogP contribution in [0.5, 0.6) is 0 Å². The number of halogens is 1. The van der Waals surface area contributed by atoms with Gasteiger partial charge in [-0.1, -0.05) is 23.7 Å². The number of rotatable bonds is 7. The van der Waals surface area contributed by atoms with Crippen molar-refractivity contribution in [3.05, 3.63) is 62.5 Å². The number of aryl methyl sites for hydroxylation is 1. The first kappa shape index (κ1) is 29.1. The van der Waals surface area contributed by atoms with Crippen molar-refractivity contribution < 1.29 is 52.3 Å². The second kappa shape index (κ2) is 12.7. The van der Waals surface area contributed by atoms with Gasteiger partial charge in [-0.2, -0.15) is 5.26 Å². The fourth-order valence-electron chi connectivity index (χ4n) is 3.70. The SMILES string of the molecule is CCOC(=O)c1cc(C#N)c(N2CCC(C(=O)[N-]S(=O)(=O)Cc3ccc(Cl)cc3)CC2)nc1C.[Na+]. The molecule has 0 saturated carbocycles. The molecule has 0 spiro atoms. The Morgan fingerprint density at radius 2 is 1.89 bits per heavy atom. The van der Waals surface area contributed by atoms with Gasteiger partial charge in [-0.3, -0.25) is 0 Å². The van der Waals surface area contributed by atoms with E-state index in [0.717, 1.165) is 0 Å². The molecule has 180 valence electrons. The van der Waals surface area contributed by atoms with Crippen molar-refractivity contribution in [2.24, 2.45) is 5.92 Å². The summed E-state index contributed by atoms with van der Waals surface area (Å²) in [5.74, 6) is -1.71. The summed E-state index contributed by atoms with van der Waals surface area (Å²) in [6, 6.07) is 9.84. The van der Waals surface area contributed by atoms with E-state index < -0.39 is 27.8 Å². The summed E-state index contributed by atoms with van der Waals surface area (Å²) in [5.41, 5.74) is 1.40. The number of piperidine rings is 1. The fourth-order valence-corrected chi connectivity index (χ4v) is 4.93. The van der Waals surface area contributed by atoms with Gasteiger partial charge < -0.3 is 19.2 Å². The number of esters is 1. The summed E-state index contributed by atoms with van der Waals surface area (Å²) in [6.07, 6.45) is 0.730. The summed E-state index contributed by atoms with van der Waals surface area (Å²) >= 11 is 5.81. The normalized spacial score (nSPS) is 13.9. The standard InChI is InChI=1S/C23H25ClN4O5S.Na/c1-3-33-23(30)20-12-18(13-25)21(26-15(20)2)28-10-8-17(9-11-28)22(29)27-34(31,32)14-16-4-6-19(24)7-5-16;/h4-7,12,17H,3,8-11,14H2,1-2H3,(H,27,29);/q;+1/p-1. The van der Waals surface area contributed by atoms with E-state index in [9.17, 15) is 23.3 Å². The van der Waals surface area contributed by atoms with Crippen molar-refractivity contribution in [2.45, 2.75) is 32.4 Å². The third-order valence-corrected chi connectivity index (χ3v) is 6.85. The molecule has 9 nitrogen and oxygen atoms in total. The molecule has 35 heavy (non-hydrogen) atoms. The van der Waals surface area contributed by atoms with Crippen molar-refractivity contribution in [3.8, 4) is 6.07 Å². The predicted molar refractivity (Wildman–Crippen MR) is 127 cm³/mol. The van der Waals surface area contributed by atoms with Crippen LogP contribution in [0.4, 0.5) is 5.82 Å². The Morgan fingerprint density at radius 3 is 2.46 bits per heavy atom. The minimum absolute atomic E-state index is 0. The van der Waals surface area contributed by atoms with E-state index in [0.29, 0.717) is 48.0 Å². The van der Waals surface area contributed by atoms with Crippen molar-refractivity contribution in [3.63, 3.8) is 0 Å². The second-order valence-corrected chi connectivity index (χ2v) is 9.94. The molecule has 1 aromatic carbocycles. The minimum atomic E-state index is -3.98. The molecule has 2 heterocycles. The van der Waals surface area contributed by atoms with Crippen LogP contribution in [0.15, 0.2) is 30.3 Å². The molecule has 0 N–H and O–H groups in total. The third kappa shape index (κ3) is 7.66. The molecule has 1 saturated heterocycles. The summed E-state index contributed by atoms with van der Waals surface area (Å²) in [6.45, 7) is 4.36. The molecule has 1 aliphatic rings. The van der Waals surface area contributed by atoms with Crippen molar-refractivity contribution in [2.75, 3.05) is 24.6 Å². The summed E-state index contributed by atoms with van der Waals surface area (Å²) in [5, 5.41) is 10.1. The molecule has 0 unspecified atom stereocenters. The van der Waals surface area contributed by atoms with Gasteiger partial charge in [0, 0.05) is 24.0 Å². The molecule has 0 radical (unpaired) electrons. The van der Waals surface area contributed by atoms with Gasteiger partial charge in [0.1, 0.15) is 11.9 Å². The first-order valence-electron chi connectivity index (χ1n) is 10.7. The van der Waals surface area contributed by atoms with E-state index in [4.69, 9.17) is 16.3 Å². The molecule has 0 bridgehead atoms. The number of amides is 1. The average Bonchev–Trinajstić information content (AvgIpc) is 2.80. The van der Waals surface area contributed by atoms with Crippen molar-refractivity contribution in [1.29, 1.82) is 5.26 Å². The van der Waals surface area contributed by atoms with E-state index in [1.165, 1.54) is 6.07 Å². The van der Waals surface area contributed by atoms with Gasteiger partial charge in [0.15, 0.2) is 0 Å². The van der Waals surface area contributed by atoms with Gasteiger partial charge in [-0.15, -0.1) is 0 Å². The van der Waals surface area contributed by atoms with Crippen LogP contribution in [-0.2, 0) is 25.3 Å². The second-order valence-electron chi connectivity index (χ2n) is 7.87. The first-order valence-corrected chi connectivity index (χ1v) is 12.7. The minimum Gasteiger partial charge on any atom is -0.545 e. The molecular weight excluding hydrogens is 503 g/mol. The molecule has 1 aromatic heterocycles. The molecule has 1 fully saturated rings. The molecule has 1 amide bonds. The zero-order valence-electron chi connectivity index (χ0n) is 19.8. The molecule has 1 aliphatic heterocycles. The number of nitriles is 1. The number of nitrogens with zero attached hydrogens (tertiary/aromatic N) is 4. The number of pyridine rings is 1. The van der Waals surface area contributed by atoms with E-state index in [2.05, 4.69) is 15.8 Å². The van der Waals surface area contributed by atoms with Gasteiger partial charge in [0.05, 0.1) is 45.1 Å². The van der Waals surface area contributed by atoms with Gasteiger partial charge in [0.2, 0.25) is 0 Å². The predicted octanol–water partition coefficient (Wildman–Crippen LogP) is 0.742. The van der Waals surface area contributed by atoms with E-state index >= 15 is 0 Å². The van der Waals surface area contributed by atoms with Crippen LogP contribution in [0, 0.1) is 24.2 Å². The van der Waals surface area contributed by atoms with Crippen LogP contribution in [0.2, 0.25) is 5.02 Å². The van der Waals surface area contributed by atoms with Gasteiger partial charge in [-0.05, 0) is 50.5 Å². The van der Waals surface area contributed by atoms with E-state index in [1.54, 1.807) is 38.1 Å². The molecular formula is C23H24ClN4NaO5S. The largest absolute Gasteiger partial charge is 1.00 e. The topological polar surface area (TPSA) is 132 Å². The van der Waals surface area contributed by atoms with Crippen LogP contribution < -0.4 is 34.5 Å². The smallest absolute Gasteiger partial charge is 0.545 e. The third-order valence-electron chi connectivity index (χ3n) is 5.44. The molecule has 12 heteroatoms. The fraction of sp³-hybridized carbons (Fsp3) is 0.391. The molecule has 0 aliphatic carbocycles. The van der Waals surface area contributed by atoms with Crippen molar-refractivity contribution >= 4 is 39.3 Å². The Labute approximate surface area is 232 Å². The maximum atomic E-state index is 12.6. The molecule has 0 atom stereocenters. The van der Waals surface area contributed by atoms with Crippen LogP contribution in [0.25, 0.3) is 4.72 Å². The summed E-state index contributed by atoms with van der Waals surface area (Å²) in [7, 11) is -3.98. The summed E-state index contributed by atoms with van der Waals surface area (Å²) < 4.78 is 33.2. The average molecular weight is 527 g/mol. The number of aromatic nitrogens is 1. The number of carbonyl (C=O) groups excluding carboxylic acids is 2. The first-order chi connectivity index (χ1) is 16.1. The van der Waals surface area contributed by atoms with Crippen LogP contribution in [0.1, 0.15) is 46.9 Å². The summed E-state index contributed by atoms with van der Waals surface area (Å²) in [4.78, 5) is 30.9. The maximum absolute atomic E-state index is 12.6. The quantitative estimate of drug-likeness (QED) is 0.381. The van der Waals surface area contributed by atoms with E-state index in [1.807, 2.05) is 4.90 Å². The zero-order valence-corrected chi connectivity index (χ0v) is 23.4. The Bertz CT molecular complexity index is 1220. The Hall–Kier alpha value is -2.16. The molecule has 3 rings (SSSR count). The maximum Gasteiger partial charge on any atom is 1.00 e.